The fourth-order valence-corrected chi connectivity index (χ4v) is 2.85. The summed E-state index contributed by atoms with van der Waals surface area (Å²) in [5.41, 5.74) is 1.53. The maximum atomic E-state index is 12.0. The van der Waals surface area contributed by atoms with Crippen LogP contribution in [-0.2, 0) is 4.79 Å². The molecule has 0 unspecified atom stereocenters. The second kappa shape index (κ2) is 7.30. The van der Waals surface area contributed by atoms with Crippen LogP contribution in [0, 0.1) is 6.57 Å². The molecule has 0 radical (unpaired) electrons. The first kappa shape index (κ1) is 14.1. The first-order valence-corrected chi connectivity index (χ1v) is 7.36. The Labute approximate surface area is 115 Å². The van der Waals surface area contributed by atoms with Gasteiger partial charge in [-0.2, -0.15) is 0 Å². The van der Waals surface area contributed by atoms with Crippen molar-refractivity contribution in [2.75, 3.05) is 19.6 Å². The Morgan fingerprint density at radius 3 is 3.11 bits per heavy atom. The Hall–Kier alpha value is -1.34. The fraction of sp³-hybridized carbons (Fsp3) is 0.733. The molecule has 4 heteroatoms. The first-order chi connectivity index (χ1) is 9.31. The van der Waals surface area contributed by atoms with Crippen LogP contribution in [0.2, 0.25) is 0 Å². The van der Waals surface area contributed by atoms with Crippen molar-refractivity contribution in [3.05, 3.63) is 23.1 Å². The molecule has 1 aliphatic heterocycles. The van der Waals surface area contributed by atoms with E-state index in [9.17, 15) is 4.79 Å². The monoisotopic (exact) mass is 261 g/mol. The Bertz CT molecular complexity index is 383. The van der Waals surface area contributed by atoms with Crippen molar-refractivity contribution in [2.45, 2.75) is 51.1 Å². The number of hydrogen-bond donors (Lipinski definition) is 1. The number of nitrogens with one attached hydrogen (secondary N) is 1. The van der Waals surface area contributed by atoms with E-state index in [1.54, 1.807) is 4.90 Å². The number of amides is 1. The van der Waals surface area contributed by atoms with Crippen LogP contribution in [0.1, 0.15) is 44.9 Å². The van der Waals surface area contributed by atoms with Gasteiger partial charge in [0, 0.05) is 13.0 Å². The van der Waals surface area contributed by atoms with Gasteiger partial charge in [0.05, 0.1) is 6.54 Å². The molecule has 1 saturated heterocycles. The second-order valence-electron chi connectivity index (χ2n) is 5.37. The fourth-order valence-electron chi connectivity index (χ4n) is 2.85. The van der Waals surface area contributed by atoms with Crippen LogP contribution < -0.4 is 5.32 Å². The average molecular weight is 261 g/mol. The predicted molar refractivity (Wildman–Crippen MR) is 75.4 cm³/mol. The molecule has 0 aromatic carbocycles. The normalized spacial score (nSPS) is 23.0. The second-order valence-corrected chi connectivity index (χ2v) is 5.37. The Morgan fingerprint density at radius 2 is 2.37 bits per heavy atom. The summed E-state index contributed by atoms with van der Waals surface area (Å²) in [5, 5.41) is 3.22. The molecular formula is C15H23N3O. The van der Waals surface area contributed by atoms with Gasteiger partial charge in [0.1, 0.15) is 0 Å². The number of nitrogens with zero attached hydrogens (tertiary/aromatic N) is 2. The molecule has 1 amide bonds. The van der Waals surface area contributed by atoms with E-state index < -0.39 is 0 Å². The zero-order chi connectivity index (χ0) is 13.5. The molecular weight excluding hydrogens is 238 g/mol. The quantitative estimate of drug-likeness (QED) is 0.468. The van der Waals surface area contributed by atoms with E-state index in [1.165, 1.54) is 31.3 Å². The SMILES string of the molecule is [C-]#[N+][C@@H]1CCCN1C(=O)CNCCC1=CCCCC1. The third-order valence-corrected chi connectivity index (χ3v) is 3.97. The molecule has 1 fully saturated rings. The Balaban J connectivity index is 1.64. The first-order valence-electron chi connectivity index (χ1n) is 7.36. The molecule has 0 aromatic rings. The molecule has 1 aliphatic carbocycles. The largest absolute Gasteiger partial charge is 0.308 e. The highest BCUT2D eigenvalue weighted by atomic mass is 16.2. The summed E-state index contributed by atoms with van der Waals surface area (Å²) in [7, 11) is 0. The number of carbonyl (C=O) groups excluding carboxylic acids is 1. The summed E-state index contributed by atoms with van der Waals surface area (Å²) < 4.78 is 0. The standard InChI is InChI=1S/C15H23N3O/c1-16-14-8-5-11-18(14)15(19)12-17-10-9-13-6-3-2-4-7-13/h6,14,17H,2-5,7-12H2/t14-/m0/s1. The molecule has 2 rings (SSSR count). The molecule has 2 aliphatic rings. The molecule has 0 spiro atoms. The zero-order valence-corrected chi connectivity index (χ0v) is 11.5. The number of likely N-dealkylation sites (tertiary alicyclic amines) is 1. The van der Waals surface area contributed by atoms with Crippen LogP contribution in [-0.4, -0.2) is 36.6 Å². The van der Waals surface area contributed by atoms with Crippen LogP contribution in [0.4, 0.5) is 0 Å². The third-order valence-electron chi connectivity index (χ3n) is 3.97. The molecule has 19 heavy (non-hydrogen) atoms. The molecule has 0 aromatic heterocycles. The Morgan fingerprint density at radius 1 is 1.47 bits per heavy atom. The van der Waals surface area contributed by atoms with Gasteiger partial charge in [-0.1, -0.05) is 11.6 Å². The van der Waals surface area contributed by atoms with Crippen LogP contribution in [0.3, 0.4) is 0 Å². The van der Waals surface area contributed by atoms with Crippen LogP contribution in [0.15, 0.2) is 11.6 Å². The minimum Gasteiger partial charge on any atom is -0.308 e. The highest BCUT2D eigenvalue weighted by Gasteiger charge is 2.32. The topological polar surface area (TPSA) is 36.7 Å². The summed E-state index contributed by atoms with van der Waals surface area (Å²) in [6.45, 7) is 9.07. The van der Waals surface area contributed by atoms with Crippen LogP contribution >= 0.6 is 0 Å². The minimum atomic E-state index is -0.213. The van der Waals surface area contributed by atoms with E-state index in [0.29, 0.717) is 6.54 Å². The summed E-state index contributed by atoms with van der Waals surface area (Å²) in [6, 6.07) is 0. The van der Waals surface area contributed by atoms with Crippen LogP contribution in [0.25, 0.3) is 4.85 Å². The molecule has 104 valence electrons. The van der Waals surface area contributed by atoms with E-state index >= 15 is 0 Å². The molecule has 0 bridgehead atoms. The highest BCUT2D eigenvalue weighted by molar-refractivity contribution is 5.79. The van der Waals surface area contributed by atoms with E-state index in [4.69, 9.17) is 6.57 Å². The predicted octanol–water partition coefficient (Wildman–Crippen LogP) is 2.33. The van der Waals surface area contributed by atoms with Crippen molar-refractivity contribution < 1.29 is 4.79 Å². The summed E-state index contributed by atoms with van der Waals surface area (Å²) in [6.07, 6.45) is 10.1. The van der Waals surface area contributed by atoms with Crippen molar-refractivity contribution in [3.8, 4) is 0 Å². The van der Waals surface area contributed by atoms with E-state index in [0.717, 1.165) is 32.4 Å². The van der Waals surface area contributed by atoms with Crippen molar-refractivity contribution >= 4 is 5.91 Å². The minimum absolute atomic E-state index is 0.0797. The van der Waals surface area contributed by atoms with Gasteiger partial charge < -0.3 is 5.32 Å². The zero-order valence-electron chi connectivity index (χ0n) is 11.5. The summed E-state index contributed by atoms with van der Waals surface area (Å²) in [5.74, 6) is 0.0797. The maximum absolute atomic E-state index is 12.0. The lowest BCUT2D eigenvalue weighted by Gasteiger charge is -2.17. The third kappa shape index (κ3) is 4.07. The van der Waals surface area contributed by atoms with Crippen LogP contribution in [0.5, 0.6) is 0 Å². The van der Waals surface area contributed by atoms with E-state index in [-0.39, 0.29) is 12.1 Å². The number of rotatable bonds is 5. The number of hydrogen-bond acceptors (Lipinski definition) is 2. The summed E-state index contributed by atoms with van der Waals surface area (Å²) in [4.78, 5) is 17.2. The number of carbonyl (C=O) groups is 1. The smallest absolute Gasteiger partial charge is 0.300 e. The highest BCUT2D eigenvalue weighted by Crippen LogP contribution is 2.19. The van der Waals surface area contributed by atoms with Gasteiger partial charge in [-0.3, -0.25) is 14.5 Å². The molecule has 1 N–H and O–H groups in total. The van der Waals surface area contributed by atoms with Crippen molar-refractivity contribution in [1.82, 2.24) is 10.2 Å². The Kier molecular flexibility index (Phi) is 5.41. The van der Waals surface area contributed by atoms with Gasteiger partial charge >= 0.3 is 6.17 Å². The van der Waals surface area contributed by atoms with Gasteiger partial charge in [0.2, 0.25) is 5.91 Å². The van der Waals surface area contributed by atoms with Crippen molar-refractivity contribution in [1.29, 1.82) is 0 Å². The van der Waals surface area contributed by atoms with Gasteiger partial charge in [0.25, 0.3) is 0 Å². The number of allylic oxidation sites excluding steroid dienone is 1. The van der Waals surface area contributed by atoms with Gasteiger partial charge in [0.15, 0.2) is 0 Å². The van der Waals surface area contributed by atoms with Crippen molar-refractivity contribution in [3.63, 3.8) is 0 Å². The molecule has 4 nitrogen and oxygen atoms in total. The van der Waals surface area contributed by atoms with Crippen molar-refractivity contribution in [2.24, 2.45) is 0 Å². The summed E-state index contributed by atoms with van der Waals surface area (Å²) >= 11 is 0. The lowest BCUT2D eigenvalue weighted by Crippen LogP contribution is -2.40. The molecule has 1 heterocycles. The van der Waals surface area contributed by atoms with Gasteiger partial charge in [-0.25, -0.2) is 6.57 Å². The van der Waals surface area contributed by atoms with E-state index in [1.807, 2.05) is 0 Å². The van der Waals surface area contributed by atoms with Gasteiger partial charge in [-0.15, -0.1) is 0 Å². The maximum Gasteiger partial charge on any atom is 0.300 e. The average Bonchev–Trinajstić information content (AvgIpc) is 2.93. The van der Waals surface area contributed by atoms with E-state index in [2.05, 4.69) is 16.2 Å². The lowest BCUT2D eigenvalue weighted by atomic mass is 9.97. The molecule has 1 atom stereocenters. The lowest BCUT2D eigenvalue weighted by molar-refractivity contribution is -0.130. The van der Waals surface area contributed by atoms with Gasteiger partial charge in [-0.05, 0) is 45.1 Å². The molecule has 0 saturated carbocycles.